The molecule has 4 fully saturated rings. The van der Waals surface area contributed by atoms with Gasteiger partial charge in [0, 0.05) is 11.8 Å². The summed E-state index contributed by atoms with van der Waals surface area (Å²) in [5.74, 6) is 3.57. The van der Waals surface area contributed by atoms with Crippen LogP contribution < -0.4 is 0 Å². The number of carbonyl (C=O) groups excluding carboxylic acids is 1. The molecule has 5 aliphatic rings. The summed E-state index contributed by atoms with van der Waals surface area (Å²) in [6.45, 7) is 2.24. The number of epoxide rings is 1. The average molecular weight is 272 g/mol. The van der Waals surface area contributed by atoms with Crippen molar-refractivity contribution in [2.75, 3.05) is 0 Å². The third-order valence-corrected chi connectivity index (χ3v) is 7.37. The lowest BCUT2D eigenvalue weighted by atomic mass is 9.55. The molecule has 5 rings (SSSR count). The van der Waals surface area contributed by atoms with E-state index in [4.69, 9.17) is 4.74 Å². The Kier molecular flexibility index (Phi) is 2.25. The fourth-order valence-corrected chi connectivity index (χ4v) is 6.14. The van der Waals surface area contributed by atoms with Crippen molar-refractivity contribution in [3.05, 3.63) is 11.6 Å². The van der Waals surface area contributed by atoms with Crippen LogP contribution in [0.2, 0.25) is 0 Å². The molecule has 0 aromatic heterocycles. The smallest absolute Gasteiger partial charge is 0.139 e. The predicted molar refractivity (Wildman–Crippen MR) is 76.1 cm³/mol. The molecule has 20 heavy (non-hydrogen) atoms. The highest BCUT2D eigenvalue weighted by atomic mass is 16.6. The van der Waals surface area contributed by atoms with Crippen LogP contribution in [0.1, 0.15) is 51.9 Å². The Morgan fingerprint density at radius 3 is 2.90 bits per heavy atom. The molecule has 1 saturated heterocycles. The standard InChI is InChI=1S/C18H24O2/c1-18-7-6-11-12(14(18)4-5-17(18)19)3-2-10-8-15-16(20-15)9-13(10)11/h6,10,12-16H,2-5,7-9H2,1H3/t10?,12-,13-,14+,15?,16?,18+/m1/s1. The summed E-state index contributed by atoms with van der Waals surface area (Å²) in [4.78, 5) is 12.3. The largest absolute Gasteiger partial charge is 0.370 e. The van der Waals surface area contributed by atoms with Gasteiger partial charge in [-0.3, -0.25) is 4.79 Å². The zero-order valence-electron chi connectivity index (χ0n) is 12.3. The topological polar surface area (TPSA) is 29.6 Å². The molecule has 108 valence electrons. The highest BCUT2D eigenvalue weighted by molar-refractivity contribution is 5.87. The molecule has 0 radical (unpaired) electrons. The van der Waals surface area contributed by atoms with Gasteiger partial charge in [-0.15, -0.1) is 0 Å². The lowest BCUT2D eigenvalue weighted by molar-refractivity contribution is -0.127. The minimum atomic E-state index is -0.0196. The molecule has 0 amide bonds. The molecular formula is C18H24O2. The number of fused-ring (bicyclic) bond motifs is 6. The Morgan fingerprint density at radius 2 is 2.00 bits per heavy atom. The fourth-order valence-electron chi connectivity index (χ4n) is 6.14. The van der Waals surface area contributed by atoms with Gasteiger partial charge in [-0.25, -0.2) is 0 Å². The first-order valence-electron chi connectivity index (χ1n) is 8.55. The summed E-state index contributed by atoms with van der Waals surface area (Å²) in [5, 5.41) is 0. The van der Waals surface area contributed by atoms with Crippen LogP contribution in [0.3, 0.4) is 0 Å². The quantitative estimate of drug-likeness (QED) is 0.499. The molecule has 2 heteroatoms. The molecule has 0 spiro atoms. The number of rotatable bonds is 0. The van der Waals surface area contributed by atoms with Crippen LogP contribution in [-0.2, 0) is 9.53 Å². The van der Waals surface area contributed by atoms with Crippen LogP contribution in [0.4, 0.5) is 0 Å². The lowest BCUT2D eigenvalue weighted by Crippen LogP contribution is -2.43. The summed E-state index contributed by atoms with van der Waals surface area (Å²) >= 11 is 0. The molecule has 0 aromatic carbocycles. The van der Waals surface area contributed by atoms with Crippen LogP contribution >= 0.6 is 0 Å². The van der Waals surface area contributed by atoms with E-state index in [1.54, 1.807) is 5.57 Å². The summed E-state index contributed by atoms with van der Waals surface area (Å²) < 4.78 is 5.79. The zero-order valence-corrected chi connectivity index (χ0v) is 12.3. The maximum Gasteiger partial charge on any atom is 0.139 e. The fraction of sp³-hybridized carbons (Fsp3) is 0.833. The Bertz CT molecular complexity index is 508. The monoisotopic (exact) mass is 272 g/mol. The first-order chi connectivity index (χ1) is 9.67. The van der Waals surface area contributed by atoms with Gasteiger partial charge in [-0.1, -0.05) is 18.6 Å². The minimum absolute atomic E-state index is 0.0196. The van der Waals surface area contributed by atoms with Crippen molar-refractivity contribution in [3.63, 3.8) is 0 Å². The van der Waals surface area contributed by atoms with Gasteiger partial charge in [0.1, 0.15) is 5.78 Å². The summed E-state index contributed by atoms with van der Waals surface area (Å²) in [6.07, 6.45) is 12.0. The molecule has 0 N–H and O–H groups in total. The Morgan fingerprint density at radius 1 is 1.15 bits per heavy atom. The second-order valence-electron chi connectivity index (χ2n) is 8.13. The van der Waals surface area contributed by atoms with Crippen LogP contribution in [-0.4, -0.2) is 18.0 Å². The van der Waals surface area contributed by atoms with Crippen LogP contribution in [0.15, 0.2) is 11.6 Å². The molecule has 2 nitrogen and oxygen atoms in total. The third-order valence-electron chi connectivity index (χ3n) is 7.37. The zero-order chi connectivity index (χ0) is 13.5. The van der Waals surface area contributed by atoms with Crippen molar-refractivity contribution in [2.45, 2.75) is 64.1 Å². The average Bonchev–Trinajstić information content (AvgIpc) is 3.14. The molecule has 7 atom stereocenters. The second-order valence-corrected chi connectivity index (χ2v) is 8.13. The molecular weight excluding hydrogens is 248 g/mol. The van der Waals surface area contributed by atoms with Crippen molar-refractivity contribution in [3.8, 4) is 0 Å². The van der Waals surface area contributed by atoms with Gasteiger partial charge in [-0.2, -0.15) is 0 Å². The van der Waals surface area contributed by atoms with Crippen LogP contribution in [0.25, 0.3) is 0 Å². The van der Waals surface area contributed by atoms with E-state index in [2.05, 4.69) is 13.0 Å². The predicted octanol–water partition coefficient (Wildman–Crippen LogP) is 3.51. The highest BCUT2D eigenvalue weighted by Gasteiger charge is 2.57. The van der Waals surface area contributed by atoms with Gasteiger partial charge >= 0.3 is 0 Å². The van der Waals surface area contributed by atoms with Crippen molar-refractivity contribution < 1.29 is 9.53 Å². The van der Waals surface area contributed by atoms with Crippen molar-refractivity contribution in [1.82, 2.24) is 0 Å². The van der Waals surface area contributed by atoms with Gasteiger partial charge < -0.3 is 4.74 Å². The molecule has 3 unspecified atom stereocenters. The minimum Gasteiger partial charge on any atom is -0.370 e. The van der Waals surface area contributed by atoms with Crippen molar-refractivity contribution in [2.24, 2.45) is 29.1 Å². The summed E-state index contributed by atoms with van der Waals surface area (Å²) in [5.41, 5.74) is 1.72. The first kappa shape index (κ1) is 12.0. The van der Waals surface area contributed by atoms with Crippen LogP contribution in [0, 0.1) is 29.1 Å². The second kappa shape index (κ2) is 3.76. The molecule has 1 aliphatic heterocycles. The molecule has 0 bridgehead atoms. The third kappa shape index (κ3) is 1.41. The van der Waals surface area contributed by atoms with E-state index in [0.717, 1.165) is 37.0 Å². The number of allylic oxidation sites excluding steroid dienone is 2. The number of carbonyl (C=O) groups is 1. The maximum atomic E-state index is 12.3. The number of ketones is 1. The first-order valence-corrected chi connectivity index (χ1v) is 8.55. The Balaban J connectivity index is 1.50. The summed E-state index contributed by atoms with van der Waals surface area (Å²) in [6, 6.07) is 0. The maximum absolute atomic E-state index is 12.3. The number of hydrogen-bond acceptors (Lipinski definition) is 2. The van der Waals surface area contributed by atoms with E-state index < -0.39 is 0 Å². The van der Waals surface area contributed by atoms with E-state index in [0.29, 0.717) is 23.9 Å². The van der Waals surface area contributed by atoms with E-state index in [9.17, 15) is 4.79 Å². The van der Waals surface area contributed by atoms with E-state index >= 15 is 0 Å². The molecule has 4 aliphatic carbocycles. The van der Waals surface area contributed by atoms with Gasteiger partial charge in [0.15, 0.2) is 0 Å². The van der Waals surface area contributed by atoms with E-state index in [-0.39, 0.29) is 5.41 Å². The highest BCUT2D eigenvalue weighted by Crippen LogP contribution is 2.60. The SMILES string of the molecule is C[C@]12CC=C3[C@@H](CCC4CC5OC5C[C@@H]34)[C@@H]1CCC2=O. The Hall–Kier alpha value is -0.630. The van der Waals surface area contributed by atoms with Crippen molar-refractivity contribution in [1.29, 1.82) is 0 Å². The number of ether oxygens (including phenoxy) is 1. The van der Waals surface area contributed by atoms with Crippen LogP contribution in [0.5, 0.6) is 0 Å². The number of Topliss-reactive ketones (excluding diaryl/α,β-unsaturated/α-hetero) is 1. The number of hydrogen-bond donors (Lipinski definition) is 0. The normalized spacial score (nSPS) is 56.2. The molecule has 1 heterocycles. The van der Waals surface area contributed by atoms with E-state index in [1.165, 1.54) is 25.7 Å². The molecule has 0 aromatic rings. The van der Waals surface area contributed by atoms with Gasteiger partial charge in [0.05, 0.1) is 12.2 Å². The van der Waals surface area contributed by atoms with Gasteiger partial charge in [0.25, 0.3) is 0 Å². The van der Waals surface area contributed by atoms with E-state index in [1.807, 2.05) is 0 Å². The van der Waals surface area contributed by atoms with Gasteiger partial charge in [0.2, 0.25) is 0 Å². The summed E-state index contributed by atoms with van der Waals surface area (Å²) in [7, 11) is 0. The molecule has 3 saturated carbocycles. The Labute approximate surface area is 120 Å². The van der Waals surface area contributed by atoms with Crippen molar-refractivity contribution >= 4 is 5.78 Å². The lowest BCUT2D eigenvalue weighted by Gasteiger charge is -2.49. The van der Waals surface area contributed by atoms with Gasteiger partial charge in [-0.05, 0) is 62.2 Å².